The van der Waals surface area contributed by atoms with Crippen LogP contribution in [-0.2, 0) is 19.7 Å². The fourth-order valence-electron chi connectivity index (χ4n) is 2.83. The maximum absolute atomic E-state index is 13.1. The zero-order valence-electron chi connectivity index (χ0n) is 17.1. The molecule has 0 aliphatic rings. The summed E-state index contributed by atoms with van der Waals surface area (Å²) >= 11 is 6.48. The minimum absolute atomic E-state index is 0.254. The summed E-state index contributed by atoms with van der Waals surface area (Å²) in [5, 5.41) is 15.4. The minimum atomic E-state index is -0.288. The molecule has 0 unspecified atom stereocenters. The standard InChI is InChI=1S/C21H25ClFN5O2/c1-3-5-10-28-21(25-26-27-28)24-13-16-11-18(22)20(19(12-16)29-4-2)30-14-15-6-8-17(23)9-7-15/h6-9,11-12H,3-5,10,13-14H2,1-2H3,(H,24,25,27). The van der Waals surface area contributed by atoms with Gasteiger partial charge in [-0.25, -0.2) is 9.07 Å². The van der Waals surface area contributed by atoms with Gasteiger partial charge in [-0.05, 0) is 59.2 Å². The van der Waals surface area contributed by atoms with E-state index in [0.29, 0.717) is 35.6 Å². The molecule has 0 aliphatic carbocycles. The van der Waals surface area contributed by atoms with Gasteiger partial charge in [0.25, 0.3) is 0 Å². The van der Waals surface area contributed by atoms with E-state index in [1.807, 2.05) is 19.1 Å². The molecule has 1 N–H and O–H groups in total. The van der Waals surface area contributed by atoms with Gasteiger partial charge in [0.05, 0.1) is 11.6 Å². The predicted octanol–water partition coefficient (Wildman–Crippen LogP) is 4.86. The summed E-state index contributed by atoms with van der Waals surface area (Å²) in [6.07, 6.45) is 2.06. The number of nitrogens with zero attached hydrogens (tertiary/aromatic N) is 4. The molecule has 9 heteroatoms. The molecule has 0 spiro atoms. The molecule has 0 saturated heterocycles. The molecule has 0 fully saturated rings. The Balaban J connectivity index is 1.70. The van der Waals surface area contributed by atoms with Gasteiger partial charge in [0.2, 0.25) is 5.95 Å². The molecule has 3 aromatic rings. The molecule has 0 amide bonds. The molecule has 0 atom stereocenters. The van der Waals surface area contributed by atoms with Gasteiger partial charge >= 0.3 is 0 Å². The summed E-state index contributed by atoms with van der Waals surface area (Å²) in [6.45, 7) is 5.97. The van der Waals surface area contributed by atoms with Crippen molar-refractivity contribution >= 4 is 17.5 Å². The maximum Gasteiger partial charge on any atom is 0.243 e. The van der Waals surface area contributed by atoms with Gasteiger partial charge in [-0.1, -0.05) is 42.2 Å². The molecule has 1 aromatic heterocycles. The fourth-order valence-corrected chi connectivity index (χ4v) is 3.12. The lowest BCUT2D eigenvalue weighted by molar-refractivity contribution is 0.269. The Labute approximate surface area is 180 Å². The zero-order chi connectivity index (χ0) is 21.3. The van der Waals surface area contributed by atoms with Crippen LogP contribution < -0.4 is 14.8 Å². The van der Waals surface area contributed by atoms with Gasteiger partial charge in [0.1, 0.15) is 12.4 Å². The van der Waals surface area contributed by atoms with E-state index in [4.69, 9.17) is 21.1 Å². The number of hydrogen-bond acceptors (Lipinski definition) is 6. The van der Waals surface area contributed by atoms with Crippen LogP contribution >= 0.6 is 11.6 Å². The molecule has 3 rings (SSSR count). The number of benzene rings is 2. The third kappa shape index (κ3) is 5.82. The molecule has 0 saturated carbocycles. The molecule has 160 valence electrons. The number of unbranched alkanes of at least 4 members (excludes halogenated alkanes) is 1. The number of aryl methyl sites for hydroxylation is 1. The Hall–Kier alpha value is -2.87. The number of nitrogens with one attached hydrogen (secondary N) is 1. The molecule has 0 bridgehead atoms. The Morgan fingerprint density at radius 2 is 1.90 bits per heavy atom. The number of aromatic nitrogens is 4. The third-order valence-corrected chi connectivity index (χ3v) is 4.65. The second kappa shape index (κ2) is 10.8. The molecule has 7 nitrogen and oxygen atoms in total. The molecule has 30 heavy (non-hydrogen) atoms. The van der Waals surface area contributed by atoms with Gasteiger partial charge < -0.3 is 14.8 Å². The van der Waals surface area contributed by atoms with Crippen LogP contribution in [0.15, 0.2) is 36.4 Å². The Bertz CT molecular complexity index is 949. The van der Waals surface area contributed by atoms with E-state index < -0.39 is 0 Å². The third-order valence-electron chi connectivity index (χ3n) is 4.37. The summed E-state index contributed by atoms with van der Waals surface area (Å²) in [7, 11) is 0. The number of ether oxygens (including phenoxy) is 2. The molecular formula is C21H25ClFN5O2. The number of halogens is 2. The van der Waals surface area contributed by atoms with Crippen molar-refractivity contribution in [2.75, 3.05) is 11.9 Å². The quantitative estimate of drug-likeness (QED) is 0.465. The van der Waals surface area contributed by atoms with Gasteiger partial charge in [0, 0.05) is 13.1 Å². The van der Waals surface area contributed by atoms with Gasteiger partial charge in [-0.15, -0.1) is 0 Å². The van der Waals surface area contributed by atoms with Crippen molar-refractivity contribution in [3.05, 3.63) is 58.4 Å². The highest BCUT2D eigenvalue weighted by Gasteiger charge is 2.14. The van der Waals surface area contributed by atoms with Crippen LogP contribution in [0.25, 0.3) is 0 Å². The first-order chi connectivity index (χ1) is 14.6. The molecule has 2 aromatic carbocycles. The largest absolute Gasteiger partial charge is 0.490 e. The fraction of sp³-hybridized carbons (Fsp3) is 0.381. The van der Waals surface area contributed by atoms with Gasteiger partial charge in [-0.3, -0.25) is 0 Å². The van der Waals surface area contributed by atoms with E-state index in [1.54, 1.807) is 16.8 Å². The van der Waals surface area contributed by atoms with Gasteiger partial charge in [-0.2, -0.15) is 0 Å². The summed E-state index contributed by atoms with van der Waals surface area (Å²) in [4.78, 5) is 0. The second-order valence-corrected chi connectivity index (χ2v) is 7.09. The topological polar surface area (TPSA) is 74.1 Å². The van der Waals surface area contributed by atoms with Crippen LogP contribution in [0, 0.1) is 5.82 Å². The molecule has 1 heterocycles. The first-order valence-electron chi connectivity index (χ1n) is 9.93. The van der Waals surface area contributed by atoms with E-state index in [9.17, 15) is 4.39 Å². The van der Waals surface area contributed by atoms with E-state index in [0.717, 1.165) is 30.5 Å². The van der Waals surface area contributed by atoms with E-state index in [2.05, 4.69) is 27.8 Å². The normalized spacial score (nSPS) is 10.8. The number of rotatable bonds is 11. The predicted molar refractivity (Wildman–Crippen MR) is 113 cm³/mol. The van der Waals surface area contributed by atoms with Crippen molar-refractivity contribution in [3.63, 3.8) is 0 Å². The lowest BCUT2D eigenvalue weighted by Gasteiger charge is -2.16. The number of anilines is 1. The molecular weight excluding hydrogens is 409 g/mol. The van der Waals surface area contributed by atoms with Crippen molar-refractivity contribution in [2.24, 2.45) is 0 Å². The van der Waals surface area contributed by atoms with Crippen molar-refractivity contribution in [2.45, 2.75) is 46.4 Å². The smallest absolute Gasteiger partial charge is 0.243 e. The Morgan fingerprint density at radius 1 is 1.10 bits per heavy atom. The van der Waals surface area contributed by atoms with Crippen molar-refractivity contribution in [3.8, 4) is 11.5 Å². The SMILES string of the molecule is CCCCn1nnnc1NCc1cc(Cl)c(OCc2ccc(F)cc2)c(OCC)c1. The first-order valence-corrected chi connectivity index (χ1v) is 10.3. The van der Waals surface area contributed by atoms with Crippen LogP contribution in [0.4, 0.5) is 10.3 Å². The Kier molecular flexibility index (Phi) is 7.84. The maximum atomic E-state index is 13.1. The first kappa shape index (κ1) is 21.8. The van der Waals surface area contributed by atoms with E-state index in [1.165, 1.54) is 12.1 Å². The van der Waals surface area contributed by atoms with Crippen LogP contribution in [0.5, 0.6) is 11.5 Å². The van der Waals surface area contributed by atoms with Crippen molar-refractivity contribution in [1.29, 1.82) is 0 Å². The average molecular weight is 434 g/mol. The van der Waals surface area contributed by atoms with Crippen molar-refractivity contribution in [1.82, 2.24) is 20.2 Å². The average Bonchev–Trinajstić information content (AvgIpc) is 3.19. The summed E-state index contributed by atoms with van der Waals surface area (Å²) in [6, 6.07) is 9.83. The van der Waals surface area contributed by atoms with E-state index >= 15 is 0 Å². The summed E-state index contributed by atoms with van der Waals surface area (Å²) in [5.41, 5.74) is 1.74. The highest BCUT2D eigenvalue weighted by atomic mass is 35.5. The molecule has 0 aliphatic heterocycles. The summed E-state index contributed by atoms with van der Waals surface area (Å²) < 4.78 is 26.4. The molecule has 0 radical (unpaired) electrons. The van der Waals surface area contributed by atoms with Gasteiger partial charge in [0.15, 0.2) is 11.5 Å². The zero-order valence-corrected chi connectivity index (χ0v) is 17.8. The van der Waals surface area contributed by atoms with Crippen molar-refractivity contribution < 1.29 is 13.9 Å². The minimum Gasteiger partial charge on any atom is -0.490 e. The second-order valence-electron chi connectivity index (χ2n) is 6.69. The summed E-state index contributed by atoms with van der Waals surface area (Å²) in [5.74, 6) is 1.33. The lowest BCUT2D eigenvalue weighted by Crippen LogP contribution is -2.09. The van der Waals surface area contributed by atoms with Crippen LogP contribution in [0.3, 0.4) is 0 Å². The van der Waals surface area contributed by atoms with Crippen LogP contribution in [0.2, 0.25) is 5.02 Å². The Morgan fingerprint density at radius 3 is 2.63 bits per heavy atom. The van der Waals surface area contributed by atoms with Crippen LogP contribution in [-0.4, -0.2) is 26.8 Å². The highest BCUT2D eigenvalue weighted by Crippen LogP contribution is 2.37. The lowest BCUT2D eigenvalue weighted by atomic mass is 10.2. The monoisotopic (exact) mass is 433 g/mol. The number of tetrazole rings is 1. The highest BCUT2D eigenvalue weighted by molar-refractivity contribution is 6.32. The van der Waals surface area contributed by atoms with E-state index in [-0.39, 0.29) is 12.4 Å². The van der Waals surface area contributed by atoms with Crippen LogP contribution in [0.1, 0.15) is 37.8 Å². The number of hydrogen-bond donors (Lipinski definition) is 1.